The van der Waals surface area contributed by atoms with Crippen LogP contribution in [0.25, 0.3) is 0 Å². The van der Waals surface area contributed by atoms with E-state index in [2.05, 4.69) is 16.0 Å². The Morgan fingerprint density at radius 2 is 1.85 bits per heavy atom. The number of rotatable bonds is 7. The predicted octanol–water partition coefficient (Wildman–Crippen LogP) is 0.859. The van der Waals surface area contributed by atoms with Crippen molar-refractivity contribution in [1.82, 2.24) is 25.8 Å². The quantitative estimate of drug-likeness (QED) is 0.426. The Bertz CT molecular complexity index is 1170. The van der Waals surface area contributed by atoms with Gasteiger partial charge in [-0.2, -0.15) is 0 Å². The highest BCUT2D eigenvalue weighted by Gasteiger charge is 2.45. The number of hydrogen-bond donors (Lipinski definition) is 3. The molecule has 1 aromatic rings. The van der Waals surface area contributed by atoms with Gasteiger partial charge in [-0.25, -0.2) is 4.79 Å². The number of nitrogens with zero attached hydrogens (tertiary/aromatic N) is 2. The van der Waals surface area contributed by atoms with Crippen molar-refractivity contribution < 1.29 is 28.7 Å². The van der Waals surface area contributed by atoms with Crippen molar-refractivity contribution in [2.45, 2.75) is 101 Å². The van der Waals surface area contributed by atoms with Gasteiger partial charge < -0.3 is 30.5 Å². The first-order valence-electron chi connectivity index (χ1n) is 14.4. The first kappa shape index (κ1) is 28.1. The van der Waals surface area contributed by atoms with Crippen LogP contribution in [-0.4, -0.2) is 89.3 Å². The van der Waals surface area contributed by atoms with Crippen molar-refractivity contribution in [2.24, 2.45) is 0 Å². The molecule has 6 atom stereocenters. The van der Waals surface area contributed by atoms with Gasteiger partial charge in [-0.1, -0.05) is 25.0 Å². The fourth-order valence-electron chi connectivity index (χ4n) is 6.38. The van der Waals surface area contributed by atoms with Gasteiger partial charge in [0, 0.05) is 18.2 Å². The molecule has 4 amide bonds. The molecule has 2 bridgehead atoms. The number of fused-ring (bicyclic) bond motifs is 4. The molecule has 5 aliphatic heterocycles. The third-order valence-corrected chi connectivity index (χ3v) is 8.78. The van der Waals surface area contributed by atoms with Gasteiger partial charge in [0.15, 0.2) is 0 Å². The van der Waals surface area contributed by atoms with E-state index < -0.39 is 24.2 Å². The molecule has 0 aliphatic carbocycles. The highest BCUT2D eigenvalue weighted by molar-refractivity contribution is 5.98. The maximum atomic E-state index is 13.6. The normalized spacial score (nSPS) is 28.7. The Hall–Kier alpha value is -3.47. The highest BCUT2D eigenvalue weighted by atomic mass is 16.6. The largest absolute Gasteiger partial charge is 0.459 e. The molecule has 6 rings (SSSR count). The van der Waals surface area contributed by atoms with E-state index in [1.165, 1.54) is 0 Å². The van der Waals surface area contributed by atoms with Crippen molar-refractivity contribution in [3.63, 3.8) is 0 Å². The van der Waals surface area contributed by atoms with E-state index in [0.717, 1.165) is 37.7 Å². The molecule has 0 radical (unpaired) electrons. The average Bonchev–Trinajstić information content (AvgIpc) is 3.39. The van der Waals surface area contributed by atoms with E-state index in [4.69, 9.17) is 4.74 Å². The van der Waals surface area contributed by atoms with Crippen LogP contribution in [0.2, 0.25) is 0 Å². The minimum atomic E-state index is -0.649. The molecule has 11 heteroatoms. The van der Waals surface area contributed by atoms with Gasteiger partial charge >= 0.3 is 5.97 Å². The van der Waals surface area contributed by atoms with E-state index in [9.17, 15) is 24.0 Å². The summed E-state index contributed by atoms with van der Waals surface area (Å²) in [7, 11) is 1.69. The Kier molecular flexibility index (Phi) is 8.39. The number of esters is 1. The second-order valence-electron chi connectivity index (χ2n) is 11.4. The summed E-state index contributed by atoms with van der Waals surface area (Å²) >= 11 is 0. The molecular weight excluding hydrogens is 514 g/mol. The van der Waals surface area contributed by atoms with E-state index in [1.54, 1.807) is 42.0 Å². The van der Waals surface area contributed by atoms with Crippen LogP contribution in [0.5, 0.6) is 0 Å². The summed E-state index contributed by atoms with van der Waals surface area (Å²) in [6.07, 6.45) is 5.65. The molecule has 0 aromatic heterocycles. The van der Waals surface area contributed by atoms with Crippen LogP contribution in [0.3, 0.4) is 0 Å². The highest BCUT2D eigenvalue weighted by Crippen LogP contribution is 2.32. The van der Waals surface area contributed by atoms with E-state index in [-0.39, 0.29) is 48.3 Å². The van der Waals surface area contributed by atoms with Gasteiger partial charge in [-0.3, -0.25) is 19.2 Å². The summed E-state index contributed by atoms with van der Waals surface area (Å²) < 4.78 is 5.31. The van der Waals surface area contributed by atoms with Crippen molar-refractivity contribution in [2.75, 3.05) is 13.6 Å². The lowest BCUT2D eigenvalue weighted by atomic mass is 9.95. The second-order valence-corrected chi connectivity index (χ2v) is 11.4. The Labute approximate surface area is 234 Å². The molecular formula is C29H39N5O6. The molecule has 11 nitrogen and oxygen atoms in total. The zero-order valence-electron chi connectivity index (χ0n) is 23.2. The van der Waals surface area contributed by atoms with Crippen LogP contribution in [0.1, 0.15) is 74.2 Å². The van der Waals surface area contributed by atoms with Crippen LogP contribution in [-0.2, 0) is 30.5 Å². The number of carbonyl (C=O) groups is 5. The van der Waals surface area contributed by atoms with Gasteiger partial charge in [0.05, 0.1) is 12.6 Å². The standard InChI is InChI=1S/C29H39N5O6/c1-17(30-2)25(35)32-22-9-4-3-8-20-10-12-23(34(20)28(22)38)26(36)31-15-18-6-5-7-19(14-18)27(37)33-16-21-11-13-24(33)29(39)40-21/h5-7,14,17,20-24,30H,3-4,8-13,15-16H2,1-2H3,(H,31,36)(H,32,35)/t17-,20?,21?,22-,23-,24?/m0/s1. The molecule has 0 spiro atoms. The number of carbonyl (C=O) groups excluding carboxylic acids is 5. The van der Waals surface area contributed by atoms with Crippen molar-refractivity contribution in [3.8, 4) is 0 Å². The number of ether oxygens (including phenoxy) is 1. The maximum absolute atomic E-state index is 13.6. The molecule has 3 N–H and O–H groups in total. The number of likely N-dealkylation sites (N-methyl/N-ethyl adjacent to an activating group) is 1. The minimum absolute atomic E-state index is 0.0165. The van der Waals surface area contributed by atoms with Gasteiger partial charge in [0.25, 0.3) is 5.91 Å². The van der Waals surface area contributed by atoms with Gasteiger partial charge in [0.2, 0.25) is 17.7 Å². The topological polar surface area (TPSA) is 137 Å². The second kappa shape index (κ2) is 12.0. The third kappa shape index (κ3) is 5.70. The number of piperidine rings is 1. The summed E-state index contributed by atoms with van der Waals surface area (Å²) in [6.45, 7) is 2.35. The fourth-order valence-corrected chi connectivity index (χ4v) is 6.38. The molecule has 1 aromatic carbocycles. The Balaban J connectivity index is 1.23. The lowest BCUT2D eigenvalue weighted by Gasteiger charge is -2.43. The summed E-state index contributed by atoms with van der Waals surface area (Å²) in [5, 5.41) is 8.74. The number of amides is 4. The van der Waals surface area contributed by atoms with Gasteiger partial charge in [-0.15, -0.1) is 0 Å². The van der Waals surface area contributed by atoms with Crippen molar-refractivity contribution >= 4 is 29.6 Å². The van der Waals surface area contributed by atoms with Crippen LogP contribution in [0.15, 0.2) is 24.3 Å². The zero-order valence-corrected chi connectivity index (χ0v) is 23.2. The average molecular weight is 554 g/mol. The molecule has 0 saturated carbocycles. The van der Waals surface area contributed by atoms with Gasteiger partial charge in [-0.05, 0) is 70.2 Å². The van der Waals surface area contributed by atoms with Crippen molar-refractivity contribution in [3.05, 3.63) is 35.4 Å². The molecule has 3 unspecified atom stereocenters. The molecule has 5 aliphatic rings. The SMILES string of the molecule is CN[C@@H](C)C(=O)N[C@H]1CCCCC2CC[C@@H](C(=O)NCc3cccc(C(=O)N4CC5CCC4C(=O)O5)c3)N2C1=O. The number of hydrogen-bond acceptors (Lipinski definition) is 7. The Morgan fingerprint density at radius 1 is 1.05 bits per heavy atom. The van der Waals surface area contributed by atoms with E-state index in [1.807, 2.05) is 6.07 Å². The summed E-state index contributed by atoms with van der Waals surface area (Å²) in [5.41, 5.74) is 1.21. The molecule has 216 valence electrons. The Morgan fingerprint density at radius 3 is 2.60 bits per heavy atom. The van der Waals surface area contributed by atoms with Gasteiger partial charge in [0.1, 0.15) is 24.2 Å². The molecule has 5 heterocycles. The third-order valence-electron chi connectivity index (χ3n) is 8.78. The van der Waals surface area contributed by atoms with Crippen LogP contribution >= 0.6 is 0 Å². The van der Waals surface area contributed by atoms with Crippen molar-refractivity contribution in [1.29, 1.82) is 0 Å². The van der Waals surface area contributed by atoms with Crippen LogP contribution in [0.4, 0.5) is 0 Å². The molecule has 40 heavy (non-hydrogen) atoms. The number of morpholine rings is 1. The monoisotopic (exact) mass is 553 g/mol. The smallest absolute Gasteiger partial charge is 0.329 e. The number of benzene rings is 1. The summed E-state index contributed by atoms with van der Waals surface area (Å²) in [6, 6.07) is 4.82. The maximum Gasteiger partial charge on any atom is 0.329 e. The summed E-state index contributed by atoms with van der Waals surface area (Å²) in [4.78, 5) is 68.1. The zero-order chi connectivity index (χ0) is 28.4. The molecule has 5 saturated heterocycles. The lowest BCUT2D eigenvalue weighted by molar-refractivity contribution is -0.172. The minimum Gasteiger partial charge on any atom is -0.459 e. The molecule has 5 fully saturated rings. The first-order valence-corrected chi connectivity index (χ1v) is 14.4. The number of nitrogens with one attached hydrogen (secondary N) is 3. The van der Waals surface area contributed by atoms with Crippen LogP contribution in [0, 0.1) is 0 Å². The first-order chi connectivity index (χ1) is 19.3. The summed E-state index contributed by atoms with van der Waals surface area (Å²) in [5.74, 6) is -1.22. The van der Waals surface area contributed by atoms with E-state index >= 15 is 0 Å². The lowest BCUT2D eigenvalue weighted by Crippen LogP contribution is -2.59. The van der Waals surface area contributed by atoms with E-state index in [0.29, 0.717) is 31.4 Å². The fraction of sp³-hybridized carbons (Fsp3) is 0.621. The predicted molar refractivity (Wildman–Crippen MR) is 145 cm³/mol. The van der Waals surface area contributed by atoms with Crippen LogP contribution < -0.4 is 16.0 Å².